The van der Waals surface area contributed by atoms with Crippen LogP contribution in [0.2, 0.25) is 1.41 Å². The molecule has 0 spiro atoms. The van der Waals surface area contributed by atoms with Crippen LogP contribution < -0.4 is 11.0 Å². The van der Waals surface area contributed by atoms with E-state index in [9.17, 15) is 9.59 Å². The Kier molecular flexibility index (Phi) is 1.85. The van der Waals surface area contributed by atoms with Crippen LogP contribution in [0, 0.1) is 0 Å². The molecule has 0 radical (unpaired) electrons. The standard InChI is InChI=1S/C7H10N2O2/c8-7(11)9-4-5-1-2-6(10)3-5/h3H,1-2,4H2,(H3,8,9,11)/i/hD. The predicted molar refractivity (Wildman–Crippen MR) is 39.9 cm³/mol. The molecule has 4 nitrogen and oxygen atoms in total. The number of urea groups is 1. The van der Waals surface area contributed by atoms with E-state index in [4.69, 9.17) is 1.41 Å². The van der Waals surface area contributed by atoms with Crippen molar-refractivity contribution in [3.8, 4) is 0 Å². The van der Waals surface area contributed by atoms with Crippen molar-refractivity contribution >= 4 is 11.8 Å². The van der Waals surface area contributed by atoms with Gasteiger partial charge in [0.15, 0.2) is 7.20 Å². The third kappa shape index (κ3) is 2.41. The first-order chi connectivity index (χ1) is 5.72. The fourth-order valence-electron chi connectivity index (χ4n) is 0.989. The highest BCUT2D eigenvalue weighted by Gasteiger charge is 2.11. The zero-order valence-electron chi connectivity index (χ0n) is 7.02. The third-order valence-electron chi connectivity index (χ3n) is 1.53. The molecule has 1 aliphatic carbocycles. The quantitative estimate of drug-likeness (QED) is 0.586. The number of nitrogens with one attached hydrogen (secondary N) is 1. The Balaban J connectivity index is 2.28. The largest absolute Gasteiger partial charge is 0.352 e. The number of primary amides is 1. The van der Waals surface area contributed by atoms with Gasteiger partial charge in [0.1, 0.15) is 0 Å². The van der Waals surface area contributed by atoms with Gasteiger partial charge in [0.2, 0.25) is 0 Å². The molecule has 11 heavy (non-hydrogen) atoms. The first-order valence-electron chi connectivity index (χ1n) is 3.90. The van der Waals surface area contributed by atoms with Crippen LogP contribution in [0.3, 0.4) is 0 Å². The van der Waals surface area contributed by atoms with Crippen molar-refractivity contribution in [3.63, 3.8) is 0 Å². The molecule has 0 fully saturated rings. The number of rotatable bonds is 2. The molecule has 2 amide bonds. The van der Waals surface area contributed by atoms with Crippen LogP contribution in [0.25, 0.3) is 0 Å². The van der Waals surface area contributed by atoms with Gasteiger partial charge >= 0.3 is 6.03 Å². The van der Waals surface area contributed by atoms with Gasteiger partial charge in [-0.25, -0.2) is 4.79 Å². The van der Waals surface area contributed by atoms with Gasteiger partial charge in [0.05, 0.1) is 0 Å². The van der Waals surface area contributed by atoms with Crippen molar-refractivity contribution in [1.29, 1.82) is 0 Å². The lowest BCUT2D eigenvalue weighted by molar-refractivity contribution is -0.114. The normalized spacial score (nSPS) is 17.3. The number of ketones is 1. The van der Waals surface area contributed by atoms with Crippen LogP contribution in [-0.4, -0.2) is 18.4 Å². The maximum Gasteiger partial charge on any atom is 0.312 e. The summed E-state index contributed by atoms with van der Waals surface area (Å²) in [6.07, 6.45) is 2.81. The molecule has 0 unspecified atom stereocenters. The van der Waals surface area contributed by atoms with E-state index in [0.717, 1.165) is 12.0 Å². The summed E-state index contributed by atoms with van der Waals surface area (Å²) in [7, 11) is 0. The smallest absolute Gasteiger partial charge is 0.312 e. The van der Waals surface area contributed by atoms with Gasteiger partial charge < -0.3 is 11.0 Å². The van der Waals surface area contributed by atoms with Crippen LogP contribution in [0.1, 0.15) is 12.8 Å². The lowest BCUT2D eigenvalue weighted by Crippen LogP contribution is -2.30. The molecule has 0 aromatic heterocycles. The minimum absolute atomic E-state index is 0.109. The molecule has 0 saturated heterocycles. The molecule has 1 aliphatic rings. The second kappa shape index (κ2) is 3.18. The molecule has 1 rings (SSSR count). The first-order valence-corrected chi connectivity index (χ1v) is 3.40. The van der Waals surface area contributed by atoms with E-state index < -0.39 is 6.03 Å². The Labute approximate surface area is 65.9 Å². The number of hydrogen-bond acceptors (Lipinski definition) is 2. The van der Waals surface area contributed by atoms with Gasteiger partial charge in [-0.05, 0) is 18.1 Å². The second-order valence-corrected chi connectivity index (χ2v) is 2.45. The van der Waals surface area contributed by atoms with Gasteiger partial charge in [-0.2, -0.15) is 0 Å². The average molecular weight is 155 g/mol. The molecular weight excluding hydrogens is 144 g/mol. The summed E-state index contributed by atoms with van der Waals surface area (Å²) in [6.45, 7) is 0.358. The van der Waals surface area contributed by atoms with E-state index >= 15 is 0 Å². The van der Waals surface area contributed by atoms with Gasteiger partial charge in [-0.15, -0.1) is 0 Å². The molecule has 0 atom stereocenters. The summed E-state index contributed by atoms with van der Waals surface area (Å²) in [5, 5.41) is 2.44. The van der Waals surface area contributed by atoms with Crippen LogP contribution in [-0.2, 0) is 4.79 Å². The Morgan fingerprint density at radius 1 is 1.82 bits per heavy atom. The molecule has 0 aromatic rings. The molecule has 60 valence electrons. The van der Waals surface area contributed by atoms with Crippen LogP contribution >= 0.6 is 0 Å². The van der Waals surface area contributed by atoms with E-state index in [-0.39, 0.29) is 5.78 Å². The highest BCUT2D eigenvalue weighted by atomic mass is 16.2. The van der Waals surface area contributed by atoms with Gasteiger partial charge in [0, 0.05) is 13.0 Å². The van der Waals surface area contributed by atoms with Crippen molar-refractivity contribution < 1.29 is 11.0 Å². The summed E-state index contributed by atoms with van der Waals surface area (Å²) in [6, 6.07) is -0.546. The topological polar surface area (TPSA) is 72.2 Å². The second-order valence-electron chi connectivity index (χ2n) is 2.45. The molecule has 0 heterocycles. The Morgan fingerprint density at radius 3 is 3.18 bits per heavy atom. The fraction of sp³-hybridized carbons (Fsp3) is 0.429. The molecule has 4 heteroatoms. The van der Waals surface area contributed by atoms with E-state index in [1.54, 1.807) is 11.8 Å². The lowest BCUT2D eigenvalue weighted by atomic mass is 10.2. The van der Waals surface area contributed by atoms with Crippen molar-refractivity contribution in [2.75, 3.05) is 6.54 Å². The molecule has 3 N–H and O–H groups in total. The van der Waals surface area contributed by atoms with Crippen LogP contribution in [0.15, 0.2) is 11.6 Å². The number of hydrogen-bond donors (Lipinski definition) is 2. The zero-order valence-corrected chi connectivity index (χ0v) is 6.02. The number of carbonyl (C=O) groups excluding carboxylic acids is 2. The summed E-state index contributed by atoms with van der Waals surface area (Å²) in [5.41, 5.74) is 2.61. The number of carbonyl (C=O) groups is 2. The minimum atomic E-state index is -0.546. The van der Waals surface area contributed by atoms with E-state index in [0.29, 0.717) is 13.0 Å². The maximum atomic E-state index is 10.7. The monoisotopic (exact) mass is 155 g/mol. The highest BCUT2D eigenvalue weighted by molar-refractivity contribution is 5.93. The Hall–Kier alpha value is -1.32. The average Bonchev–Trinajstić information content (AvgIpc) is 2.47. The molecule has 0 aliphatic heterocycles. The van der Waals surface area contributed by atoms with Gasteiger partial charge in [-0.3, -0.25) is 4.79 Å². The molecule has 0 saturated carbocycles. The minimum Gasteiger partial charge on any atom is -0.352 e. The Bertz CT molecular complexity index is 238. The van der Waals surface area contributed by atoms with Crippen LogP contribution in [0.4, 0.5) is 4.79 Å². The van der Waals surface area contributed by atoms with Crippen LogP contribution in [0.5, 0.6) is 0 Å². The number of nitrogens with two attached hydrogens (primary N) is 1. The fourth-order valence-corrected chi connectivity index (χ4v) is 0.989. The maximum absolute atomic E-state index is 10.7. The zero-order chi connectivity index (χ0) is 8.97. The SMILES string of the molecule is [2H]NC(=O)NCC1=CC(=O)CC1. The van der Waals surface area contributed by atoms with Crippen molar-refractivity contribution in [1.82, 2.24) is 5.32 Å². The summed E-state index contributed by atoms with van der Waals surface area (Å²) < 4.78 is 6.47. The van der Waals surface area contributed by atoms with Crippen molar-refractivity contribution in [2.45, 2.75) is 12.8 Å². The molecule has 0 bridgehead atoms. The predicted octanol–water partition coefficient (Wildman–Crippen LogP) is -0.0560. The summed E-state index contributed by atoms with van der Waals surface area (Å²) >= 11 is 0. The number of amides is 2. The first kappa shape index (κ1) is 6.39. The van der Waals surface area contributed by atoms with Crippen molar-refractivity contribution in [2.24, 2.45) is 5.73 Å². The summed E-state index contributed by atoms with van der Waals surface area (Å²) in [5.74, 6) is 0.109. The van der Waals surface area contributed by atoms with E-state index in [1.165, 1.54) is 0 Å². The molecular formula is C7H10N2O2. The van der Waals surface area contributed by atoms with Crippen molar-refractivity contribution in [3.05, 3.63) is 11.6 Å². The Morgan fingerprint density at radius 2 is 2.64 bits per heavy atom. The highest BCUT2D eigenvalue weighted by Crippen LogP contribution is 2.12. The number of allylic oxidation sites excluding steroid dienone is 1. The van der Waals surface area contributed by atoms with E-state index in [2.05, 4.69) is 5.32 Å². The lowest BCUT2D eigenvalue weighted by Gasteiger charge is -1.99. The molecule has 0 aromatic carbocycles. The van der Waals surface area contributed by atoms with Gasteiger partial charge in [0.25, 0.3) is 0 Å². The van der Waals surface area contributed by atoms with Gasteiger partial charge in [-0.1, -0.05) is 0 Å². The third-order valence-corrected chi connectivity index (χ3v) is 1.53. The summed E-state index contributed by atoms with van der Waals surface area (Å²) in [4.78, 5) is 21.3. The van der Waals surface area contributed by atoms with E-state index in [1.807, 2.05) is 0 Å².